The molecule has 2 bridgehead atoms. The van der Waals surface area contributed by atoms with Gasteiger partial charge in [0.25, 0.3) is 0 Å². The SMILES string of the molecule is O=C(CCc1ccccc1)O[C@@H]1C[NH+]2CCC1CC2. The van der Waals surface area contributed by atoms with Crippen LogP contribution in [-0.4, -0.2) is 31.7 Å². The molecule has 1 atom stereocenters. The van der Waals surface area contributed by atoms with Gasteiger partial charge < -0.3 is 9.64 Å². The lowest BCUT2D eigenvalue weighted by Crippen LogP contribution is -3.16. The first-order valence-electron chi connectivity index (χ1n) is 7.38. The van der Waals surface area contributed by atoms with Gasteiger partial charge in [0.05, 0.1) is 13.1 Å². The number of piperidine rings is 3. The number of nitrogens with one attached hydrogen (secondary N) is 1. The molecule has 3 heteroatoms. The topological polar surface area (TPSA) is 30.7 Å². The molecule has 3 aliphatic rings. The third kappa shape index (κ3) is 3.16. The molecule has 3 fully saturated rings. The monoisotopic (exact) mass is 260 g/mol. The molecule has 3 heterocycles. The maximum atomic E-state index is 11.9. The van der Waals surface area contributed by atoms with Crippen LogP contribution in [0.5, 0.6) is 0 Å². The summed E-state index contributed by atoms with van der Waals surface area (Å²) in [5.74, 6) is 0.597. The molecular formula is C16H22NO2+. The minimum Gasteiger partial charge on any atom is -0.456 e. The Morgan fingerprint density at radius 2 is 1.95 bits per heavy atom. The van der Waals surface area contributed by atoms with Crippen LogP contribution in [0.4, 0.5) is 0 Å². The maximum Gasteiger partial charge on any atom is 0.306 e. The molecule has 0 saturated carbocycles. The smallest absolute Gasteiger partial charge is 0.306 e. The van der Waals surface area contributed by atoms with Crippen molar-refractivity contribution in [2.24, 2.45) is 5.92 Å². The van der Waals surface area contributed by atoms with E-state index in [2.05, 4.69) is 12.1 Å². The van der Waals surface area contributed by atoms with Crippen LogP contribution in [0.2, 0.25) is 0 Å². The van der Waals surface area contributed by atoms with E-state index < -0.39 is 0 Å². The lowest BCUT2D eigenvalue weighted by molar-refractivity contribution is -0.920. The first kappa shape index (κ1) is 12.7. The van der Waals surface area contributed by atoms with E-state index >= 15 is 0 Å². The predicted octanol–water partition coefficient (Wildman–Crippen LogP) is 0.839. The van der Waals surface area contributed by atoms with Gasteiger partial charge in [-0.15, -0.1) is 0 Å². The predicted molar refractivity (Wildman–Crippen MR) is 72.9 cm³/mol. The van der Waals surface area contributed by atoms with E-state index in [9.17, 15) is 4.79 Å². The molecule has 19 heavy (non-hydrogen) atoms. The van der Waals surface area contributed by atoms with Crippen molar-refractivity contribution in [2.75, 3.05) is 19.6 Å². The van der Waals surface area contributed by atoms with E-state index in [0.717, 1.165) is 13.0 Å². The lowest BCUT2D eigenvalue weighted by atomic mass is 9.86. The molecule has 0 aliphatic carbocycles. The van der Waals surface area contributed by atoms with E-state index in [1.165, 1.54) is 31.5 Å². The quantitative estimate of drug-likeness (QED) is 0.813. The third-order valence-electron chi connectivity index (χ3n) is 4.50. The second-order valence-corrected chi connectivity index (χ2v) is 5.81. The standard InChI is InChI=1S/C16H21NO2/c18-16(7-6-13-4-2-1-3-5-13)19-15-12-17-10-8-14(15)9-11-17/h1-5,14-15H,6-12H2/p+1/t15-/m1/s1. The van der Waals surface area contributed by atoms with Crippen molar-refractivity contribution in [1.82, 2.24) is 0 Å². The number of carbonyl (C=O) groups is 1. The number of hydrogen-bond donors (Lipinski definition) is 1. The first-order chi connectivity index (χ1) is 9.31. The van der Waals surface area contributed by atoms with E-state index in [1.54, 1.807) is 4.90 Å². The van der Waals surface area contributed by atoms with Crippen molar-refractivity contribution < 1.29 is 14.4 Å². The van der Waals surface area contributed by atoms with Crippen molar-refractivity contribution in [3.63, 3.8) is 0 Å². The number of ether oxygens (including phenoxy) is 1. The van der Waals surface area contributed by atoms with Crippen LogP contribution in [0.3, 0.4) is 0 Å². The molecule has 1 aromatic rings. The minimum atomic E-state index is -0.0259. The third-order valence-corrected chi connectivity index (χ3v) is 4.50. The van der Waals surface area contributed by atoms with Gasteiger partial charge in [0.15, 0.2) is 6.10 Å². The summed E-state index contributed by atoms with van der Waals surface area (Å²) in [5, 5.41) is 0. The number of benzene rings is 1. The molecule has 4 rings (SSSR count). The lowest BCUT2D eigenvalue weighted by Gasteiger charge is -2.41. The fourth-order valence-corrected chi connectivity index (χ4v) is 3.33. The Morgan fingerprint density at radius 1 is 1.21 bits per heavy atom. The normalized spacial score (nSPS) is 29.2. The van der Waals surface area contributed by atoms with Crippen LogP contribution in [-0.2, 0) is 16.0 Å². The zero-order valence-corrected chi connectivity index (χ0v) is 11.3. The summed E-state index contributed by atoms with van der Waals surface area (Å²) in [6, 6.07) is 10.1. The molecule has 0 unspecified atom stereocenters. The number of quaternary nitrogens is 1. The largest absolute Gasteiger partial charge is 0.456 e. The molecule has 1 aromatic carbocycles. The van der Waals surface area contributed by atoms with Crippen molar-refractivity contribution in [3.05, 3.63) is 35.9 Å². The molecule has 102 valence electrons. The number of fused-ring (bicyclic) bond motifs is 3. The summed E-state index contributed by atoms with van der Waals surface area (Å²) in [4.78, 5) is 13.5. The Morgan fingerprint density at radius 3 is 2.58 bits per heavy atom. The second kappa shape index (κ2) is 5.74. The van der Waals surface area contributed by atoms with Gasteiger partial charge in [-0.05, 0) is 12.0 Å². The average molecular weight is 260 g/mol. The van der Waals surface area contributed by atoms with Crippen molar-refractivity contribution in [3.8, 4) is 0 Å². The van der Waals surface area contributed by atoms with Gasteiger partial charge in [-0.25, -0.2) is 0 Å². The Kier molecular flexibility index (Phi) is 3.83. The van der Waals surface area contributed by atoms with Crippen molar-refractivity contribution in [2.45, 2.75) is 31.8 Å². The zero-order valence-electron chi connectivity index (χ0n) is 11.3. The van der Waals surface area contributed by atoms with E-state index in [4.69, 9.17) is 4.74 Å². The highest BCUT2D eigenvalue weighted by Gasteiger charge is 2.39. The van der Waals surface area contributed by atoms with Crippen LogP contribution in [0, 0.1) is 5.92 Å². The summed E-state index contributed by atoms with van der Waals surface area (Å²) in [5.41, 5.74) is 1.21. The minimum absolute atomic E-state index is 0.0259. The van der Waals surface area contributed by atoms with Crippen LogP contribution < -0.4 is 4.90 Å². The highest BCUT2D eigenvalue weighted by atomic mass is 16.5. The highest BCUT2D eigenvalue weighted by molar-refractivity contribution is 5.70. The van der Waals surface area contributed by atoms with Crippen LogP contribution in [0.1, 0.15) is 24.8 Å². The van der Waals surface area contributed by atoms with E-state index in [-0.39, 0.29) is 12.1 Å². The average Bonchev–Trinajstić information content (AvgIpc) is 2.47. The summed E-state index contributed by atoms with van der Waals surface area (Å²) in [7, 11) is 0. The molecule has 0 aromatic heterocycles. The molecule has 0 radical (unpaired) electrons. The summed E-state index contributed by atoms with van der Waals surface area (Å²) >= 11 is 0. The van der Waals surface area contributed by atoms with Crippen molar-refractivity contribution in [1.29, 1.82) is 0 Å². The van der Waals surface area contributed by atoms with Gasteiger partial charge in [-0.2, -0.15) is 0 Å². The summed E-state index contributed by atoms with van der Waals surface area (Å²) in [6.07, 6.45) is 3.93. The van der Waals surface area contributed by atoms with E-state index in [0.29, 0.717) is 12.3 Å². The number of carbonyl (C=O) groups excluding carboxylic acids is 1. The van der Waals surface area contributed by atoms with E-state index in [1.807, 2.05) is 18.2 Å². The molecule has 3 saturated heterocycles. The second-order valence-electron chi connectivity index (χ2n) is 5.81. The van der Waals surface area contributed by atoms with Gasteiger partial charge in [-0.1, -0.05) is 30.3 Å². The molecule has 0 spiro atoms. The number of esters is 1. The molecule has 3 aliphatic heterocycles. The summed E-state index contributed by atoms with van der Waals surface area (Å²) in [6.45, 7) is 3.56. The van der Waals surface area contributed by atoms with Gasteiger partial charge in [0.1, 0.15) is 6.54 Å². The number of aryl methyl sites for hydroxylation is 1. The fraction of sp³-hybridized carbons (Fsp3) is 0.562. The fourth-order valence-electron chi connectivity index (χ4n) is 3.33. The molecule has 1 N–H and O–H groups in total. The first-order valence-corrected chi connectivity index (χ1v) is 7.38. The molecule has 0 amide bonds. The van der Waals surface area contributed by atoms with Gasteiger partial charge >= 0.3 is 5.97 Å². The Labute approximate surface area is 114 Å². The Hall–Kier alpha value is -1.35. The number of rotatable bonds is 4. The van der Waals surface area contributed by atoms with Gasteiger partial charge in [-0.3, -0.25) is 4.79 Å². The highest BCUT2D eigenvalue weighted by Crippen LogP contribution is 2.21. The van der Waals surface area contributed by atoms with Crippen molar-refractivity contribution >= 4 is 5.97 Å². The van der Waals surface area contributed by atoms with Gasteiger partial charge in [0.2, 0.25) is 0 Å². The molecule has 3 nitrogen and oxygen atoms in total. The van der Waals surface area contributed by atoms with Gasteiger partial charge in [0, 0.05) is 25.2 Å². The zero-order chi connectivity index (χ0) is 13.1. The summed E-state index contributed by atoms with van der Waals surface area (Å²) < 4.78 is 5.69. The Balaban J connectivity index is 1.46. The van der Waals surface area contributed by atoms with Crippen LogP contribution in [0.15, 0.2) is 30.3 Å². The maximum absolute atomic E-state index is 11.9. The van der Waals surface area contributed by atoms with Crippen LogP contribution in [0.25, 0.3) is 0 Å². The number of hydrogen-bond acceptors (Lipinski definition) is 2. The molecular weight excluding hydrogens is 238 g/mol. The van der Waals surface area contributed by atoms with Crippen LogP contribution >= 0.6 is 0 Å². The Bertz CT molecular complexity index is 424.